The Bertz CT molecular complexity index is 72.5. The van der Waals surface area contributed by atoms with Gasteiger partial charge in [0, 0.05) is 18.7 Å². The van der Waals surface area contributed by atoms with E-state index in [1.54, 1.807) is 0 Å². The van der Waals surface area contributed by atoms with E-state index in [9.17, 15) is 0 Å². The average Bonchev–Trinajstić information content (AvgIpc) is 2.05. The lowest BCUT2D eigenvalue weighted by Crippen LogP contribution is -2.19. The maximum Gasteiger partial charge on any atom is 0.0675 e. The molecule has 0 amide bonds. The lowest BCUT2D eigenvalue weighted by molar-refractivity contribution is 0.190. The number of hydrogen-bond acceptors (Lipinski definition) is 1. The fourth-order valence-corrected chi connectivity index (χ4v) is 3.63. The number of rotatable bonds is 7. The van der Waals surface area contributed by atoms with Crippen LogP contribution in [0.1, 0.15) is 20.3 Å². The van der Waals surface area contributed by atoms with Gasteiger partial charge in [-0.15, -0.1) is 11.6 Å². The molecular weight excluding hydrogens is 176 g/mol. The first kappa shape index (κ1) is 11.5. The Kier molecular flexibility index (Phi) is 8.93. The van der Waals surface area contributed by atoms with Crippen LogP contribution in [0.25, 0.3) is 0 Å². The minimum absolute atomic E-state index is 0.555. The van der Waals surface area contributed by atoms with E-state index in [0.717, 1.165) is 18.7 Å². The molecule has 0 radical (unpaired) electrons. The van der Waals surface area contributed by atoms with E-state index >= 15 is 0 Å². The van der Waals surface area contributed by atoms with Crippen LogP contribution >= 0.6 is 11.6 Å². The Balaban J connectivity index is 3.25. The molecule has 0 aliphatic heterocycles. The predicted octanol–water partition coefficient (Wildman–Crippen LogP) is 2.44. The van der Waals surface area contributed by atoms with Crippen molar-refractivity contribution in [3.05, 3.63) is 0 Å². The van der Waals surface area contributed by atoms with Crippen LogP contribution in [-0.2, 0) is 4.74 Å². The topological polar surface area (TPSA) is 9.23 Å². The third-order valence-corrected chi connectivity index (χ3v) is 5.23. The van der Waals surface area contributed by atoms with Gasteiger partial charge < -0.3 is 4.74 Å². The lowest BCUT2D eigenvalue weighted by Gasteiger charge is -2.11. The second-order valence-electron chi connectivity index (χ2n) is 2.76. The second kappa shape index (κ2) is 8.56. The second-order valence-corrected chi connectivity index (χ2v) is 6.60. The van der Waals surface area contributed by atoms with Gasteiger partial charge in [0.25, 0.3) is 0 Å². The first-order valence-corrected chi connectivity index (χ1v) is 7.47. The summed E-state index contributed by atoms with van der Waals surface area (Å²) in [6.07, 6.45) is 2.23. The fraction of sp³-hybridized carbons (Fsp3) is 1.00. The van der Waals surface area contributed by atoms with Crippen LogP contribution in [0.15, 0.2) is 0 Å². The molecule has 1 unspecified atom stereocenters. The molecule has 1 atom stereocenters. The van der Waals surface area contributed by atoms with Crippen LogP contribution in [0.2, 0.25) is 12.1 Å². The van der Waals surface area contributed by atoms with Crippen molar-refractivity contribution >= 4 is 20.4 Å². The van der Waals surface area contributed by atoms with Gasteiger partial charge in [-0.2, -0.15) is 0 Å². The maximum atomic E-state index is 5.62. The smallest absolute Gasteiger partial charge is 0.0675 e. The first-order chi connectivity index (χ1) is 5.35. The van der Waals surface area contributed by atoms with Gasteiger partial charge >= 0.3 is 0 Å². The molecule has 0 aliphatic rings. The predicted molar refractivity (Wildman–Crippen MR) is 54.3 cm³/mol. The summed E-state index contributed by atoms with van der Waals surface area (Å²) in [5, 5.41) is 0. The molecule has 68 valence electrons. The van der Waals surface area contributed by atoms with Crippen molar-refractivity contribution in [1.82, 2.24) is 0 Å². The van der Waals surface area contributed by atoms with Gasteiger partial charge in [0.05, 0.1) is 8.80 Å². The molecule has 0 bridgehead atoms. The zero-order valence-corrected chi connectivity index (χ0v) is 9.52. The summed E-state index contributed by atoms with van der Waals surface area (Å²) in [7, 11) is -0.555. The summed E-state index contributed by atoms with van der Waals surface area (Å²) in [6, 6.07) is 2.69. The molecule has 0 aliphatic carbocycles. The average molecular weight is 195 g/mol. The zero-order chi connectivity index (χ0) is 8.53. The van der Waals surface area contributed by atoms with Crippen LogP contribution in [0.3, 0.4) is 0 Å². The van der Waals surface area contributed by atoms with Crippen LogP contribution < -0.4 is 0 Å². The molecule has 0 fully saturated rings. The van der Waals surface area contributed by atoms with Crippen molar-refractivity contribution in [2.75, 3.05) is 18.7 Å². The molecule has 0 heterocycles. The standard InChI is InChI=1S/C8H19ClOSi/c1-3-10-8-11(4-2)7-5-6-9/h11H,3-8H2,1-2H3. The van der Waals surface area contributed by atoms with E-state index in [-0.39, 0.29) is 0 Å². The summed E-state index contributed by atoms with van der Waals surface area (Å²) >= 11 is 5.62. The number of alkyl halides is 1. The quantitative estimate of drug-likeness (QED) is 0.447. The molecule has 0 aromatic heterocycles. The van der Waals surface area contributed by atoms with Gasteiger partial charge in [-0.1, -0.05) is 19.0 Å². The van der Waals surface area contributed by atoms with E-state index in [0.29, 0.717) is 0 Å². The Labute approximate surface area is 76.7 Å². The van der Waals surface area contributed by atoms with Crippen LogP contribution in [-0.4, -0.2) is 27.5 Å². The van der Waals surface area contributed by atoms with Gasteiger partial charge in [0.2, 0.25) is 0 Å². The number of halogens is 1. The summed E-state index contributed by atoms with van der Waals surface area (Å²) in [5.41, 5.74) is 0. The van der Waals surface area contributed by atoms with Gasteiger partial charge in [0.1, 0.15) is 0 Å². The SMILES string of the molecule is CCOC[SiH](CC)CCCCl. The van der Waals surface area contributed by atoms with Crippen molar-refractivity contribution in [3.63, 3.8) is 0 Å². The highest BCUT2D eigenvalue weighted by atomic mass is 35.5. The monoisotopic (exact) mass is 194 g/mol. The highest BCUT2D eigenvalue weighted by molar-refractivity contribution is 6.58. The molecule has 0 rings (SSSR count). The van der Waals surface area contributed by atoms with Crippen molar-refractivity contribution in [2.24, 2.45) is 0 Å². The summed E-state index contributed by atoms with van der Waals surface area (Å²) in [5.74, 6) is 0.815. The van der Waals surface area contributed by atoms with Crippen molar-refractivity contribution < 1.29 is 4.74 Å². The molecule has 0 N–H and O–H groups in total. The maximum absolute atomic E-state index is 5.62. The van der Waals surface area contributed by atoms with E-state index in [1.807, 2.05) is 0 Å². The third-order valence-electron chi connectivity index (χ3n) is 1.88. The molecule has 0 saturated heterocycles. The van der Waals surface area contributed by atoms with E-state index in [2.05, 4.69) is 13.8 Å². The van der Waals surface area contributed by atoms with E-state index in [4.69, 9.17) is 16.3 Å². The molecule has 11 heavy (non-hydrogen) atoms. The summed E-state index contributed by atoms with van der Waals surface area (Å²) in [4.78, 5) is 0. The van der Waals surface area contributed by atoms with E-state index < -0.39 is 8.80 Å². The summed E-state index contributed by atoms with van der Waals surface area (Å²) < 4.78 is 5.40. The normalized spacial score (nSPS) is 13.4. The molecule has 1 nitrogen and oxygen atoms in total. The summed E-state index contributed by atoms with van der Waals surface area (Å²) in [6.45, 7) is 5.19. The molecule has 0 aromatic rings. The molecular formula is C8H19ClOSi. The van der Waals surface area contributed by atoms with Gasteiger partial charge in [-0.05, 0) is 13.3 Å². The van der Waals surface area contributed by atoms with Crippen molar-refractivity contribution in [1.29, 1.82) is 0 Å². The van der Waals surface area contributed by atoms with Crippen molar-refractivity contribution in [2.45, 2.75) is 32.4 Å². The number of hydrogen-bond donors (Lipinski definition) is 0. The van der Waals surface area contributed by atoms with Crippen LogP contribution in [0.5, 0.6) is 0 Å². The van der Waals surface area contributed by atoms with Crippen LogP contribution in [0.4, 0.5) is 0 Å². The zero-order valence-electron chi connectivity index (χ0n) is 7.61. The largest absolute Gasteiger partial charge is 0.385 e. The minimum Gasteiger partial charge on any atom is -0.385 e. The molecule has 0 spiro atoms. The molecule has 0 saturated carbocycles. The fourth-order valence-electron chi connectivity index (χ4n) is 1.06. The highest BCUT2D eigenvalue weighted by Gasteiger charge is 2.06. The highest BCUT2D eigenvalue weighted by Crippen LogP contribution is 2.04. The number of ether oxygens (including phenoxy) is 1. The van der Waals surface area contributed by atoms with Crippen molar-refractivity contribution in [3.8, 4) is 0 Å². The molecule has 0 aromatic carbocycles. The first-order valence-electron chi connectivity index (χ1n) is 4.48. The Morgan fingerprint density at radius 3 is 2.55 bits per heavy atom. The lowest BCUT2D eigenvalue weighted by atomic mass is 10.6. The minimum atomic E-state index is -0.555. The van der Waals surface area contributed by atoms with Crippen LogP contribution in [0, 0.1) is 0 Å². The van der Waals surface area contributed by atoms with Gasteiger partial charge in [-0.25, -0.2) is 0 Å². The Morgan fingerprint density at radius 2 is 2.09 bits per heavy atom. The van der Waals surface area contributed by atoms with E-state index in [1.165, 1.54) is 18.5 Å². The van der Waals surface area contributed by atoms with Gasteiger partial charge in [-0.3, -0.25) is 0 Å². The van der Waals surface area contributed by atoms with Gasteiger partial charge in [0.15, 0.2) is 0 Å². The Morgan fingerprint density at radius 1 is 1.36 bits per heavy atom. The Hall–Kier alpha value is 0.467. The molecule has 3 heteroatoms. The third kappa shape index (κ3) is 6.85.